The lowest BCUT2D eigenvalue weighted by Gasteiger charge is -2.33. The summed E-state index contributed by atoms with van der Waals surface area (Å²) in [6.45, 7) is 16.2. The van der Waals surface area contributed by atoms with Crippen molar-refractivity contribution in [1.29, 1.82) is 0 Å². The fourth-order valence-corrected chi connectivity index (χ4v) is 6.85. The highest BCUT2D eigenvalue weighted by Crippen LogP contribution is 2.40. The largest absolute Gasteiger partial charge is 0.353 e. The Bertz CT molecular complexity index is 751. The Hall–Kier alpha value is -0.440. The first kappa shape index (κ1) is 31.0. The Kier molecular flexibility index (Phi) is 9.81. The molecule has 0 spiro atoms. The number of rotatable bonds is 6. The highest BCUT2D eigenvalue weighted by molar-refractivity contribution is 4.97. The van der Waals surface area contributed by atoms with E-state index in [4.69, 9.17) is 43.6 Å². The second kappa shape index (κ2) is 12.7. The van der Waals surface area contributed by atoms with Gasteiger partial charge in [-0.1, -0.05) is 6.92 Å². The molecule has 0 unspecified atom stereocenters. The lowest BCUT2D eigenvalue weighted by atomic mass is 9.98. The molecule has 0 aromatic rings. The zero-order valence-corrected chi connectivity index (χ0v) is 25.6. The van der Waals surface area contributed by atoms with Crippen LogP contribution in [0.1, 0.15) is 60.3 Å². The van der Waals surface area contributed by atoms with Crippen LogP contribution in [-0.4, -0.2) is 130 Å². The first-order chi connectivity index (χ1) is 19.0. The number of nitrogens with zero attached hydrogens (tertiary/aromatic N) is 2. The van der Waals surface area contributed by atoms with Crippen LogP contribution in [0.4, 0.5) is 0 Å². The average Bonchev–Trinajstić information content (AvgIpc) is 3.59. The van der Waals surface area contributed by atoms with Crippen LogP contribution in [0, 0.1) is 5.92 Å². The molecule has 0 bridgehead atoms. The van der Waals surface area contributed by atoms with Crippen molar-refractivity contribution in [3.05, 3.63) is 0 Å². The summed E-state index contributed by atoms with van der Waals surface area (Å²) < 4.78 is 46.6. The molecule has 6 fully saturated rings. The Morgan fingerprint density at radius 2 is 1.02 bits per heavy atom. The zero-order valence-electron chi connectivity index (χ0n) is 25.6. The van der Waals surface area contributed by atoms with Crippen LogP contribution in [-0.2, 0) is 37.9 Å². The quantitative estimate of drug-likeness (QED) is 0.505. The summed E-state index contributed by atoms with van der Waals surface area (Å²) in [7, 11) is 3.32. The van der Waals surface area contributed by atoms with Gasteiger partial charge < -0.3 is 53.4 Å². The predicted molar refractivity (Wildman–Crippen MR) is 147 cm³/mol. The van der Waals surface area contributed by atoms with E-state index in [0.29, 0.717) is 6.04 Å². The van der Waals surface area contributed by atoms with Crippen molar-refractivity contribution >= 4 is 0 Å². The van der Waals surface area contributed by atoms with E-state index < -0.39 is 11.6 Å². The number of methoxy groups -OCH3 is 2. The molecule has 11 heteroatoms. The van der Waals surface area contributed by atoms with Crippen molar-refractivity contribution in [2.24, 2.45) is 11.7 Å². The summed E-state index contributed by atoms with van der Waals surface area (Å²) in [6, 6.07) is 0.347. The molecule has 2 N–H and O–H groups in total. The smallest absolute Gasteiger partial charge is 0.186 e. The zero-order chi connectivity index (χ0) is 28.7. The van der Waals surface area contributed by atoms with E-state index in [2.05, 4.69) is 16.7 Å². The van der Waals surface area contributed by atoms with Gasteiger partial charge in [-0.05, 0) is 85.5 Å². The van der Waals surface area contributed by atoms with Gasteiger partial charge in [-0.2, -0.15) is 0 Å². The maximum Gasteiger partial charge on any atom is 0.186 e. The van der Waals surface area contributed by atoms with Crippen LogP contribution in [0.3, 0.4) is 0 Å². The van der Waals surface area contributed by atoms with Crippen LogP contribution in [0.25, 0.3) is 0 Å². The van der Waals surface area contributed by atoms with Crippen molar-refractivity contribution < 1.29 is 37.9 Å². The van der Waals surface area contributed by atoms with Crippen LogP contribution in [0.2, 0.25) is 0 Å². The summed E-state index contributed by atoms with van der Waals surface area (Å²) in [5, 5.41) is 0. The molecule has 0 amide bonds. The molecular weight excluding hydrogens is 518 g/mol. The summed E-state index contributed by atoms with van der Waals surface area (Å²) in [4.78, 5) is 4.88. The molecular formula is C29H53N3O8. The third-order valence-corrected chi connectivity index (χ3v) is 9.06. The minimum Gasteiger partial charge on any atom is -0.353 e. The van der Waals surface area contributed by atoms with Crippen molar-refractivity contribution in [3.8, 4) is 0 Å². The molecule has 6 aliphatic heterocycles. The Balaban J connectivity index is 0.000000161. The minimum absolute atomic E-state index is 0.000972. The summed E-state index contributed by atoms with van der Waals surface area (Å²) in [6.07, 6.45) is 3.75. The van der Waals surface area contributed by atoms with E-state index >= 15 is 0 Å². The molecule has 6 saturated heterocycles. The molecule has 232 valence electrons. The third kappa shape index (κ3) is 7.19. The molecule has 8 atom stereocenters. The van der Waals surface area contributed by atoms with Gasteiger partial charge in [-0.15, -0.1) is 0 Å². The first-order valence-corrected chi connectivity index (χ1v) is 15.2. The highest BCUT2D eigenvalue weighted by atomic mass is 16.8. The van der Waals surface area contributed by atoms with E-state index in [1.54, 1.807) is 14.2 Å². The number of hydrogen-bond acceptors (Lipinski definition) is 11. The molecule has 0 radical (unpaired) electrons. The van der Waals surface area contributed by atoms with Crippen LogP contribution in [0.15, 0.2) is 0 Å². The summed E-state index contributed by atoms with van der Waals surface area (Å²) >= 11 is 0. The van der Waals surface area contributed by atoms with E-state index in [9.17, 15) is 0 Å². The third-order valence-electron chi connectivity index (χ3n) is 9.06. The topological polar surface area (TPSA) is 106 Å². The second-order valence-electron chi connectivity index (χ2n) is 13.3. The number of likely N-dealkylation sites (tertiary alicyclic amines) is 2. The van der Waals surface area contributed by atoms with Gasteiger partial charge in [0.2, 0.25) is 0 Å². The van der Waals surface area contributed by atoms with Gasteiger partial charge in [0.25, 0.3) is 0 Å². The van der Waals surface area contributed by atoms with E-state index in [1.165, 1.54) is 12.8 Å². The lowest BCUT2D eigenvalue weighted by Crippen LogP contribution is -2.45. The Morgan fingerprint density at radius 1 is 0.650 bits per heavy atom. The van der Waals surface area contributed by atoms with E-state index in [0.717, 1.165) is 58.0 Å². The molecule has 6 heterocycles. The monoisotopic (exact) mass is 571 g/mol. The summed E-state index contributed by atoms with van der Waals surface area (Å²) in [5.74, 6) is -0.247. The van der Waals surface area contributed by atoms with Gasteiger partial charge in [0.15, 0.2) is 24.2 Å². The molecule has 0 aromatic carbocycles. The van der Waals surface area contributed by atoms with Gasteiger partial charge in [0, 0.05) is 33.4 Å². The Labute approximate surface area is 240 Å². The van der Waals surface area contributed by atoms with Gasteiger partial charge in [-0.25, -0.2) is 0 Å². The molecule has 0 saturated carbocycles. The van der Waals surface area contributed by atoms with Gasteiger partial charge in [0.05, 0.1) is 0 Å². The fraction of sp³-hybridized carbons (Fsp3) is 1.00. The van der Waals surface area contributed by atoms with E-state index in [1.807, 2.05) is 27.7 Å². The molecule has 6 aliphatic rings. The molecule has 6 rings (SSSR count). The fourth-order valence-electron chi connectivity index (χ4n) is 6.85. The maximum absolute atomic E-state index is 6.03. The molecule has 0 aliphatic carbocycles. The second-order valence-corrected chi connectivity index (χ2v) is 13.3. The molecule has 40 heavy (non-hydrogen) atoms. The van der Waals surface area contributed by atoms with E-state index in [-0.39, 0.29) is 49.2 Å². The van der Waals surface area contributed by atoms with Gasteiger partial charge >= 0.3 is 0 Å². The highest BCUT2D eigenvalue weighted by Gasteiger charge is 2.57. The summed E-state index contributed by atoms with van der Waals surface area (Å²) in [5.41, 5.74) is 5.95. The number of piperidine rings is 2. The Morgan fingerprint density at radius 3 is 1.43 bits per heavy atom. The maximum atomic E-state index is 6.03. The predicted octanol–water partition coefficient (Wildman–Crippen LogP) is 1.91. The standard InChI is InChI=1S/C15H27NO4.C14H26N2O4/c1-10-5-7-16(8-6-10)9-11-12-13(14(17-4)18-11)20-15(2,3)19-12;1-14(2)19-11-10(18-13(17-3)12(11)20-14)8-16-6-4-9(15)5-7-16/h10-14H,5-9H2,1-4H3;9-13H,4-8,15H2,1-3H3/t11-,12-,13-,14-;10-,11-,12-,13-/m11/s1. The SMILES string of the molecule is CO[C@@H]1O[C@H](CN2CCC(C)CC2)[C@H]2OC(C)(C)O[C@@H]12.CO[C@@H]1O[C@H](CN2CCC(N)CC2)[C@H]2OC(C)(C)O[C@@H]12. The van der Waals surface area contributed by atoms with Crippen LogP contribution < -0.4 is 5.73 Å². The number of hydrogen-bond donors (Lipinski definition) is 1. The van der Waals surface area contributed by atoms with Gasteiger partial charge in [0.1, 0.15) is 36.6 Å². The lowest BCUT2D eigenvalue weighted by molar-refractivity contribution is -0.228. The normalized spacial score (nSPS) is 42.0. The number of ether oxygens (including phenoxy) is 8. The number of nitrogens with two attached hydrogens (primary N) is 1. The van der Waals surface area contributed by atoms with Gasteiger partial charge in [-0.3, -0.25) is 0 Å². The van der Waals surface area contributed by atoms with Crippen LogP contribution in [0.5, 0.6) is 0 Å². The minimum atomic E-state index is -0.557. The number of fused-ring (bicyclic) bond motifs is 2. The molecule has 0 aromatic heterocycles. The average molecular weight is 572 g/mol. The molecule has 11 nitrogen and oxygen atoms in total. The van der Waals surface area contributed by atoms with Crippen molar-refractivity contribution in [2.75, 3.05) is 53.5 Å². The van der Waals surface area contributed by atoms with Crippen molar-refractivity contribution in [2.45, 2.75) is 127 Å². The first-order valence-electron chi connectivity index (χ1n) is 15.2. The van der Waals surface area contributed by atoms with Crippen LogP contribution >= 0.6 is 0 Å². The van der Waals surface area contributed by atoms with Crippen molar-refractivity contribution in [3.63, 3.8) is 0 Å². The van der Waals surface area contributed by atoms with Crippen molar-refractivity contribution in [1.82, 2.24) is 9.80 Å².